The number of allylic oxidation sites excluding steroid dienone is 1. The molecular weight excluding hydrogens is 370 g/mol. The van der Waals surface area contributed by atoms with Crippen LogP contribution in [0.1, 0.15) is 12.5 Å². The molecule has 150 valence electrons. The summed E-state index contributed by atoms with van der Waals surface area (Å²) >= 11 is 0. The molecule has 6 heteroatoms. The average molecular weight is 393 g/mol. The number of para-hydroxylation sites is 1. The molecule has 0 bridgehead atoms. The maximum Gasteiger partial charge on any atom is 0.340 e. The van der Waals surface area contributed by atoms with Gasteiger partial charge in [0, 0.05) is 19.4 Å². The Morgan fingerprint density at radius 3 is 2.45 bits per heavy atom. The molecule has 3 rings (SSSR count). The molecule has 2 aromatic carbocycles. The highest BCUT2D eigenvalue weighted by Gasteiger charge is 2.36. The summed E-state index contributed by atoms with van der Waals surface area (Å²) in [6, 6.07) is 16.8. The zero-order valence-corrected chi connectivity index (χ0v) is 16.7. The van der Waals surface area contributed by atoms with Crippen molar-refractivity contribution >= 4 is 18.0 Å². The maximum atomic E-state index is 13.0. The van der Waals surface area contributed by atoms with Gasteiger partial charge in [0.05, 0.1) is 24.9 Å². The molecule has 0 aliphatic carbocycles. The Balaban J connectivity index is 1.94. The van der Waals surface area contributed by atoms with Gasteiger partial charge in [-0.25, -0.2) is 4.79 Å². The van der Waals surface area contributed by atoms with Crippen LogP contribution in [0.4, 0.5) is 0 Å². The molecule has 0 saturated heterocycles. The average Bonchev–Trinajstić information content (AvgIpc) is 2.96. The maximum absolute atomic E-state index is 13.0. The quantitative estimate of drug-likeness (QED) is 0.529. The summed E-state index contributed by atoms with van der Waals surface area (Å²) in [5.41, 5.74) is 1.86. The van der Waals surface area contributed by atoms with E-state index in [0.717, 1.165) is 5.56 Å². The van der Waals surface area contributed by atoms with E-state index < -0.39 is 5.97 Å². The van der Waals surface area contributed by atoms with Crippen LogP contribution < -0.4 is 4.74 Å². The van der Waals surface area contributed by atoms with E-state index in [1.807, 2.05) is 54.6 Å². The van der Waals surface area contributed by atoms with E-state index in [0.29, 0.717) is 35.9 Å². The number of methoxy groups -OCH3 is 2. The second-order valence-electron chi connectivity index (χ2n) is 6.45. The van der Waals surface area contributed by atoms with Gasteiger partial charge in [0.2, 0.25) is 0 Å². The van der Waals surface area contributed by atoms with Crippen molar-refractivity contribution in [2.75, 3.05) is 27.4 Å². The lowest BCUT2D eigenvalue weighted by atomic mass is 10.0. The predicted octanol–water partition coefficient (Wildman–Crippen LogP) is 3.80. The van der Waals surface area contributed by atoms with Crippen LogP contribution in [0.2, 0.25) is 0 Å². The smallest absolute Gasteiger partial charge is 0.340 e. The van der Waals surface area contributed by atoms with Crippen LogP contribution in [0.15, 0.2) is 71.4 Å². The molecule has 0 unspecified atom stereocenters. The molecule has 0 N–H and O–H groups in total. The molecule has 0 atom stereocenters. The van der Waals surface area contributed by atoms with Crippen LogP contribution in [0.25, 0.3) is 6.08 Å². The fourth-order valence-electron chi connectivity index (χ4n) is 3.14. The molecular formula is C23H23NO5. The van der Waals surface area contributed by atoms with Crippen molar-refractivity contribution in [2.24, 2.45) is 0 Å². The lowest BCUT2D eigenvalue weighted by Gasteiger charge is -2.16. The number of ether oxygens (including phenoxy) is 3. The molecule has 1 aliphatic rings. The SMILES string of the molecule is COCCN1C(=O)/C(=C\c2cccc(Oc3ccccc3)c2)C(C(=O)OC)=C1C. The second kappa shape index (κ2) is 9.21. The molecule has 0 aromatic heterocycles. The lowest BCUT2D eigenvalue weighted by Crippen LogP contribution is -2.28. The molecule has 2 aromatic rings. The van der Waals surface area contributed by atoms with E-state index in [4.69, 9.17) is 14.2 Å². The van der Waals surface area contributed by atoms with Gasteiger partial charge in [-0.1, -0.05) is 30.3 Å². The normalized spacial score (nSPS) is 15.2. The van der Waals surface area contributed by atoms with Gasteiger partial charge >= 0.3 is 5.97 Å². The number of amides is 1. The minimum Gasteiger partial charge on any atom is -0.465 e. The highest BCUT2D eigenvalue weighted by Crippen LogP contribution is 2.32. The first-order chi connectivity index (χ1) is 14.0. The Kier molecular flexibility index (Phi) is 6.46. The topological polar surface area (TPSA) is 65.1 Å². The number of nitrogens with zero attached hydrogens (tertiary/aromatic N) is 1. The van der Waals surface area contributed by atoms with Crippen molar-refractivity contribution in [1.29, 1.82) is 0 Å². The first-order valence-electron chi connectivity index (χ1n) is 9.20. The number of benzene rings is 2. The fourth-order valence-corrected chi connectivity index (χ4v) is 3.14. The molecule has 0 fully saturated rings. The van der Waals surface area contributed by atoms with Crippen molar-refractivity contribution in [1.82, 2.24) is 4.90 Å². The van der Waals surface area contributed by atoms with Gasteiger partial charge in [0.1, 0.15) is 11.5 Å². The van der Waals surface area contributed by atoms with Crippen molar-refractivity contribution in [3.63, 3.8) is 0 Å². The predicted molar refractivity (Wildman–Crippen MR) is 109 cm³/mol. The second-order valence-corrected chi connectivity index (χ2v) is 6.45. The van der Waals surface area contributed by atoms with E-state index >= 15 is 0 Å². The summed E-state index contributed by atoms with van der Waals surface area (Å²) < 4.78 is 15.8. The molecule has 6 nitrogen and oxygen atoms in total. The summed E-state index contributed by atoms with van der Waals surface area (Å²) in [6.45, 7) is 2.46. The summed E-state index contributed by atoms with van der Waals surface area (Å²) in [5, 5.41) is 0. The van der Waals surface area contributed by atoms with Crippen molar-refractivity contribution in [3.8, 4) is 11.5 Å². The van der Waals surface area contributed by atoms with Crippen LogP contribution in [-0.4, -0.2) is 44.1 Å². The fraction of sp³-hybridized carbons (Fsp3) is 0.217. The third-order valence-electron chi connectivity index (χ3n) is 4.57. The van der Waals surface area contributed by atoms with Crippen LogP contribution >= 0.6 is 0 Å². The lowest BCUT2D eigenvalue weighted by molar-refractivity contribution is -0.136. The van der Waals surface area contributed by atoms with Crippen LogP contribution in [0.5, 0.6) is 11.5 Å². The minimum absolute atomic E-state index is 0.255. The largest absolute Gasteiger partial charge is 0.465 e. The number of carbonyl (C=O) groups excluding carboxylic acids is 2. The Hall–Kier alpha value is -3.38. The highest BCUT2D eigenvalue weighted by atomic mass is 16.5. The molecule has 0 radical (unpaired) electrons. The minimum atomic E-state index is -0.543. The van der Waals surface area contributed by atoms with Gasteiger partial charge in [-0.15, -0.1) is 0 Å². The number of hydrogen-bond donors (Lipinski definition) is 0. The molecule has 1 aliphatic heterocycles. The monoisotopic (exact) mass is 393 g/mol. The Bertz CT molecular complexity index is 962. The van der Waals surface area contributed by atoms with Gasteiger partial charge in [0.25, 0.3) is 5.91 Å². The van der Waals surface area contributed by atoms with Crippen molar-refractivity contribution in [3.05, 3.63) is 77.0 Å². The Labute approximate surface area is 170 Å². The third-order valence-corrected chi connectivity index (χ3v) is 4.57. The molecule has 0 spiro atoms. The van der Waals surface area contributed by atoms with E-state index in [1.165, 1.54) is 12.0 Å². The van der Waals surface area contributed by atoms with Crippen LogP contribution in [-0.2, 0) is 19.1 Å². The van der Waals surface area contributed by atoms with E-state index in [2.05, 4.69) is 0 Å². The zero-order chi connectivity index (χ0) is 20.8. The van der Waals surface area contributed by atoms with Crippen LogP contribution in [0.3, 0.4) is 0 Å². The molecule has 0 saturated carbocycles. The van der Waals surface area contributed by atoms with Gasteiger partial charge in [-0.3, -0.25) is 4.79 Å². The summed E-state index contributed by atoms with van der Waals surface area (Å²) in [5.74, 6) is 0.548. The first-order valence-corrected chi connectivity index (χ1v) is 9.20. The van der Waals surface area contributed by atoms with E-state index in [-0.39, 0.29) is 11.5 Å². The highest BCUT2D eigenvalue weighted by molar-refractivity contribution is 6.16. The van der Waals surface area contributed by atoms with E-state index in [9.17, 15) is 9.59 Å². The number of carbonyl (C=O) groups is 2. The Morgan fingerprint density at radius 2 is 1.76 bits per heavy atom. The standard InChI is InChI=1S/C23H23NO5/c1-16-21(23(26)28-3)20(22(25)24(16)12-13-27-2)15-17-8-7-11-19(14-17)29-18-9-5-4-6-10-18/h4-11,14-15H,12-13H2,1-3H3/b20-15-. The molecule has 29 heavy (non-hydrogen) atoms. The first kappa shape index (κ1) is 20.4. The molecule has 1 heterocycles. The summed E-state index contributed by atoms with van der Waals surface area (Å²) in [6.07, 6.45) is 1.68. The summed E-state index contributed by atoms with van der Waals surface area (Å²) in [7, 11) is 2.87. The van der Waals surface area contributed by atoms with Gasteiger partial charge in [0.15, 0.2) is 0 Å². The van der Waals surface area contributed by atoms with E-state index in [1.54, 1.807) is 20.1 Å². The van der Waals surface area contributed by atoms with Crippen LogP contribution in [0, 0.1) is 0 Å². The van der Waals surface area contributed by atoms with Gasteiger partial charge in [-0.2, -0.15) is 0 Å². The number of hydrogen-bond acceptors (Lipinski definition) is 5. The Morgan fingerprint density at radius 1 is 1.03 bits per heavy atom. The van der Waals surface area contributed by atoms with Gasteiger partial charge < -0.3 is 19.1 Å². The van der Waals surface area contributed by atoms with Crippen molar-refractivity contribution < 1.29 is 23.8 Å². The van der Waals surface area contributed by atoms with Crippen molar-refractivity contribution in [2.45, 2.75) is 6.92 Å². The number of esters is 1. The number of rotatable bonds is 7. The zero-order valence-electron chi connectivity index (χ0n) is 16.7. The summed E-state index contributed by atoms with van der Waals surface area (Å²) in [4.78, 5) is 26.8. The van der Waals surface area contributed by atoms with Gasteiger partial charge in [-0.05, 0) is 42.8 Å². The third kappa shape index (κ3) is 4.55. The molecule has 1 amide bonds.